The Hall–Kier alpha value is -0.120. The maximum atomic E-state index is 4.85. The summed E-state index contributed by atoms with van der Waals surface area (Å²) >= 11 is 0. The highest BCUT2D eigenvalue weighted by Gasteiger charge is 1.62. The topological polar surface area (TPSA) is 73.0 Å². The van der Waals surface area contributed by atoms with E-state index in [4.69, 9.17) is 5.73 Å². The summed E-state index contributed by atoms with van der Waals surface area (Å²) in [6.45, 7) is 17.5. The number of nitrogens with two attached hydrogens (primary N) is 1. The molecule has 0 aliphatic heterocycles. The van der Waals surface area contributed by atoms with Gasteiger partial charge in [-0.25, -0.2) is 0 Å². The van der Waals surface area contributed by atoms with Gasteiger partial charge in [0.25, 0.3) is 0 Å². The molecule has 0 radical (unpaired) electrons. The van der Waals surface area contributed by atoms with Crippen LogP contribution in [-0.4, -0.2) is 19.6 Å². The minimum Gasteiger partial charge on any atom is -0.344 e. The summed E-state index contributed by atoms with van der Waals surface area (Å²) in [5.41, 5.74) is 4.85. The van der Waals surface area contributed by atoms with Crippen LogP contribution in [0.15, 0.2) is 0 Å². The van der Waals surface area contributed by atoms with Crippen LogP contribution in [0.4, 0.5) is 0 Å². The second-order valence-corrected chi connectivity index (χ2v) is 2.78. The minimum atomic E-state index is 0. The molecule has 0 heterocycles. The smallest absolute Gasteiger partial charge is 0.00775 e. The first-order valence-corrected chi connectivity index (χ1v) is 6.07. The van der Waals surface area contributed by atoms with Crippen molar-refractivity contribution in [3.05, 3.63) is 0 Å². The lowest BCUT2D eigenvalue weighted by molar-refractivity contribution is 0.762. The van der Waals surface area contributed by atoms with Gasteiger partial charge in [0.05, 0.1) is 0 Å². The molecule has 0 aromatic heterocycles. The summed E-state index contributed by atoms with van der Waals surface area (Å²) < 4.78 is 0. The molecule has 0 rings (SSSR count). The van der Waals surface area contributed by atoms with E-state index in [0.29, 0.717) is 0 Å². The molecular weight excluding hydrogens is 222 g/mol. The van der Waals surface area contributed by atoms with Gasteiger partial charge >= 0.3 is 0 Å². The molecule has 0 aromatic carbocycles. The summed E-state index contributed by atoms with van der Waals surface area (Å²) in [7, 11) is 0. The molecular formula is C15H49N3. The average molecular weight is 272 g/mol. The van der Waals surface area contributed by atoms with Crippen molar-refractivity contribution in [3.8, 4) is 0 Å². The average Bonchev–Trinajstić information content (AvgIpc) is 2.09. The van der Waals surface area contributed by atoms with E-state index >= 15 is 0 Å². The van der Waals surface area contributed by atoms with Gasteiger partial charge in [-0.15, -0.1) is 0 Å². The fraction of sp³-hybridized carbons (Fsp3) is 1.00. The molecule has 3 nitrogen and oxygen atoms in total. The van der Waals surface area contributed by atoms with Gasteiger partial charge in [0.15, 0.2) is 0 Å². The van der Waals surface area contributed by atoms with Gasteiger partial charge in [-0.2, -0.15) is 0 Å². The molecule has 0 spiro atoms. The van der Waals surface area contributed by atoms with E-state index in [2.05, 4.69) is 46.9 Å². The highest BCUT2D eigenvalue weighted by atomic mass is 14.8. The molecule has 0 amide bonds. The first kappa shape index (κ1) is 52.2. The molecule has 124 valence electrons. The highest BCUT2D eigenvalue weighted by molar-refractivity contribution is 4.27. The van der Waals surface area contributed by atoms with Crippen molar-refractivity contribution in [2.45, 2.75) is 83.6 Å². The Morgan fingerprint density at radius 3 is 0.778 bits per heavy atom. The van der Waals surface area contributed by atoms with E-state index in [-0.39, 0.29) is 28.4 Å². The van der Waals surface area contributed by atoms with E-state index in [0.717, 1.165) is 19.6 Å². The Morgan fingerprint density at radius 2 is 0.778 bits per heavy atom. The van der Waals surface area contributed by atoms with Crippen LogP contribution in [0.3, 0.4) is 0 Å². The van der Waals surface area contributed by atoms with Gasteiger partial charge in [0.1, 0.15) is 0 Å². The normalized spacial score (nSPS) is 5.33. The molecule has 0 aliphatic carbocycles. The van der Waals surface area contributed by atoms with Crippen LogP contribution < -0.4 is 17.2 Å². The predicted molar refractivity (Wildman–Crippen MR) is 96.1 cm³/mol. The number of nitrogens with one attached hydrogen (secondary N) is 1. The Balaban J connectivity index is -0.0000000118. The maximum Gasteiger partial charge on any atom is -0.00775 e. The molecule has 0 bridgehead atoms. The first-order chi connectivity index (χ1) is 6.66. The summed E-state index contributed by atoms with van der Waals surface area (Å²) in [5, 5.41) is 3.11. The van der Waals surface area contributed by atoms with Gasteiger partial charge in [-0.3, -0.25) is 0 Å². The number of rotatable bonds is 2. The van der Waals surface area contributed by atoms with Gasteiger partial charge in [0, 0.05) is 0 Å². The lowest BCUT2D eigenvalue weighted by atomic mass is 10.6. The standard InChI is InChI=1S/C4H11N.2C3H8.C2H7N.3CH4.H3N/c1-3-5-4-2;2*1-3-2;1-2-3;;;;/h5H,3-4H2,1-2H3;2*3H2,1-2H3;2-3H2,1H3;3*1H4;1H3. The molecule has 0 atom stereocenters. The second kappa shape index (κ2) is 123. The van der Waals surface area contributed by atoms with Gasteiger partial charge in [-0.05, 0) is 19.6 Å². The van der Waals surface area contributed by atoms with Crippen molar-refractivity contribution in [2.24, 2.45) is 5.73 Å². The highest BCUT2D eigenvalue weighted by Crippen LogP contribution is 1.56. The van der Waals surface area contributed by atoms with Crippen molar-refractivity contribution in [1.29, 1.82) is 0 Å². The Kier molecular flexibility index (Phi) is 357. The van der Waals surface area contributed by atoms with Gasteiger partial charge in [0.2, 0.25) is 0 Å². The summed E-state index contributed by atoms with van der Waals surface area (Å²) in [6.07, 6.45) is 2.50. The summed E-state index contributed by atoms with van der Waals surface area (Å²) in [5.74, 6) is 0. The van der Waals surface area contributed by atoms with Crippen LogP contribution in [0.5, 0.6) is 0 Å². The predicted octanol–water partition coefficient (Wildman–Crippen LogP) is 5.48. The zero-order valence-electron chi connectivity index (χ0n) is 12.3. The Bertz CT molecular complexity index is 36.0. The van der Waals surface area contributed by atoms with Crippen molar-refractivity contribution in [1.82, 2.24) is 11.5 Å². The number of hydrogen-bond acceptors (Lipinski definition) is 3. The van der Waals surface area contributed by atoms with Crippen LogP contribution in [-0.2, 0) is 0 Å². The van der Waals surface area contributed by atoms with E-state index in [9.17, 15) is 0 Å². The third kappa shape index (κ3) is 995. The van der Waals surface area contributed by atoms with Crippen LogP contribution in [0.25, 0.3) is 0 Å². The lowest BCUT2D eigenvalue weighted by Gasteiger charge is -1.86. The molecule has 0 saturated carbocycles. The first-order valence-electron chi connectivity index (χ1n) is 6.07. The minimum absolute atomic E-state index is 0. The fourth-order valence-corrected chi connectivity index (χ4v) is 0.250. The molecule has 0 fully saturated rings. The van der Waals surface area contributed by atoms with Crippen LogP contribution >= 0.6 is 0 Å². The van der Waals surface area contributed by atoms with Crippen molar-refractivity contribution in [3.63, 3.8) is 0 Å². The summed E-state index contributed by atoms with van der Waals surface area (Å²) in [6, 6.07) is 0. The van der Waals surface area contributed by atoms with E-state index in [1.54, 1.807) is 0 Å². The molecule has 0 saturated heterocycles. The monoisotopic (exact) mass is 271 g/mol. The molecule has 0 unspecified atom stereocenters. The molecule has 3 heteroatoms. The zero-order chi connectivity index (χ0) is 12.2. The van der Waals surface area contributed by atoms with E-state index in [1.807, 2.05) is 6.92 Å². The Labute approximate surface area is 121 Å². The maximum absolute atomic E-state index is 4.85. The van der Waals surface area contributed by atoms with Gasteiger partial charge < -0.3 is 17.2 Å². The molecule has 0 aromatic rings. The molecule has 0 aliphatic rings. The third-order valence-electron chi connectivity index (χ3n) is 0.500. The molecule has 18 heavy (non-hydrogen) atoms. The van der Waals surface area contributed by atoms with Crippen LogP contribution in [0, 0.1) is 0 Å². The SMILES string of the molecule is C.C.C.CCC.CCC.CCN.CCNCC.N. The van der Waals surface area contributed by atoms with Crippen molar-refractivity contribution in [2.75, 3.05) is 19.6 Å². The second-order valence-electron chi connectivity index (χ2n) is 2.78. The third-order valence-corrected chi connectivity index (χ3v) is 0.500. The Morgan fingerprint density at radius 1 is 0.667 bits per heavy atom. The van der Waals surface area contributed by atoms with Crippen LogP contribution in [0.2, 0.25) is 0 Å². The van der Waals surface area contributed by atoms with E-state index in [1.165, 1.54) is 12.8 Å². The van der Waals surface area contributed by atoms with E-state index < -0.39 is 0 Å². The summed E-state index contributed by atoms with van der Waals surface area (Å²) in [4.78, 5) is 0. The lowest BCUT2D eigenvalue weighted by Crippen LogP contribution is -2.09. The van der Waals surface area contributed by atoms with Crippen molar-refractivity contribution < 1.29 is 0 Å². The zero-order valence-corrected chi connectivity index (χ0v) is 12.3. The fourth-order valence-electron chi connectivity index (χ4n) is 0.250. The number of hydrogen-bond donors (Lipinski definition) is 3. The van der Waals surface area contributed by atoms with Gasteiger partial charge in [-0.1, -0.05) is 83.6 Å². The molecule has 6 N–H and O–H groups in total. The quantitative estimate of drug-likeness (QED) is 0.622. The van der Waals surface area contributed by atoms with Crippen molar-refractivity contribution >= 4 is 0 Å². The van der Waals surface area contributed by atoms with Crippen LogP contribution in [0.1, 0.15) is 83.6 Å². The largest absolute Gasteiger partial charge is 0.344 e.